The van der Waals surface area contributed by atoms with Crippen LogP contribution in [0.4, 0.5) is 5.69 Å². The molecule has 4 heteroatoms. The van der Waals surface area contributed by atoms with Gasteiger partial charge in [0.2, 0.25) is 0 Å². The van der Waals surface area contributed by atoms with Crippen molar-refractivity contribution in [2.24, 2.45) is 5.10 Å². The lowest BCUT2D eigenvalue weighted by Gasteiger charge is -2.11. The number of carboxylic acid groups (broad SMARTS) is 1. The van der Waals surface area contributed by atoms with Gasteiger partial charge in [0.1, 0.15) is 0 Å². The lowest BCUT2D eigenvalue weighted by atomic mass is 9.99. The average molecular weight is 260 g/mol. The Bertz CT molecular complexity index is 442. The molecule has 1 saturated carbocycles. The molecule has 0 aliphatic heterocycles. The molecule has 0 bridgehead atoms. The molecule has 0 atom stereocenters. The molecule has 0 spiro atoms. The Morgan fingerprint density at radius 3 is 2.16 bits per heavy atom. The van der Waals surface area contributed by atoms with E-state index in [4.69, 9.17) is 5.11 Å². The van der Waals surface area contributed by atoms with E-state index in [2.05, 4.69) is 10.5 Å². The van der Waals surface area contributed by atoms with E-state index >= 15 is 0 Å². The molecular formula is C15H20N2O2. The van der Waals surface area contributed by atoms with Crippen molar-refractivity contribution in [1.82, 2.24) is 0 Å². The van der Waals surface area contributed by atoms with E-state index in [1.54, 1.807) is 24.3 Å². The zero-order valence-corrected chi connectivity index (χ0v) is 11.1. The van der Waals surface area contributed by atoms with Crippen molar-refractivity contribution in [3.8, 4) is 0 Å². The second kappa shape index (κ2) is 6.92. The Morgan fingerprint density at radius 2 is 1.58 bits per heavy atom. The fraction of sp³-hybridized carbons (Fsp3) is 0.467. The van der Waals surface area contributed by atoms with Crippen LogP contribution in [0.3, 0.4) is 0 Å². The topological polar surface area (TPSA) is 61.7 Å². The van der Waals surface area contributed by atoms with E-state index in [9.17, 15) is 4.79 Å². The Kier molecular flexibility index (Phi) is 4.95. The van der Waals surface area contributed by atoms with Gasteiger partial charge in [-0.3, -0.25) is 5.43 Å². The number of benzene rings is 1. The van der Waals surface area contributed by atoms with Crippen LogP contribution in [0.25, 0.3) is 0 Å². The highest BCUT2D eigenvalue weighted by atomic mass is 16.4. The van der Waals surface area contributed by atoms with Crippen molar-refractivity contribution in [2.75, 3.05) is 5.43 Å². The van der Waals surface area contributed by atoms with Crippen LogP contribution in [-0.4, -0.2) is 16.8 Å². The van der Waals surface area contributed by atoms with Crippen molar-refractivity contribution < 1.29 is 9.90 Å². The van der Waals surface area contributed by atoms with Gasteiger partial charge in [0, 0.05) is 5.71 Å². The Labute approximate surface area is 113 Å². The molecule has 1 aliphatic carbocycles. The normalized spacial score (nSPS) is 16.3. The summed E-state index contributed by atoms with van der Waals surface area (Å²) >= 11 is 0. The van der Waals surface area contributed by atoms with Crippen LogP contribution in [0.15, 0.2) is 29.4 Å². The molecule has 0 amide bonds. The van der Waals surface area contributed by atoms with E-state index in [-0.39, 0.29) is 0 Å². The zero-order chi connectivity index (χ0) is 13.5. The fourth-order valence-electron chi connectivity index (χ4n) is 2.26. The maximum absolute atomic E-state index is 10.7. The highest BCUT2D eigenvalue weighted by Crippen LogP contribution is 2.16. The Hall–Kier alpha value is -1.84. The highest BCUT2D eigenvalue weighted by molar-refractivity contribution is 5.88. The maximum Gasteiger partial charge on any atom is 0.335 e. The van der Waals surface area contributed by atoms with Gasteiger partial charge in [-0.1, -0.05) is 19.3 Å². The summed E-state index contributed by atoms with van der Waals surface area (Å²) in [4.78, 5) is 10.7. The van der Waals surface area contributed by atoms with E-state index in [0.717, 1.165) is 18.5 Å². The molecular weight excluding hydrogens is 240 g/mol. The largest absolute Gasteiger partial charge is 0.478 e. The first kappa shape index (κ1) is 13.6. The zero-order valence-electron chi connectivity index (χ0n) is 11.1. The summed E-state index contributed by atoms with van der Waals surface area (Å²) in [6.45, 7) is 0. The van der Waals surface area contributed by atoms with Crippen molar-refractivity contribution in [2.45, 2.75) is 44.9 Å². The van der Waals surface area contributed by atoms with Gasteiger partial charge in [-0.05, 0) is 49.9 Å². The van der Waals surface area contributed by atoms with Crippen LogP contribution in [0, 0.1) is 0 Å². The number of anilines is 1. The van der Waals surface area contributed by atoms with Crippen LogP contribution >= 0.6 is 0 Å². The minimum Gasteiger partial charge on any atom is -0.478 e. The third-order valence-electron chi connectivity index (χ3n) is 3.41. The molecule has 0 radical (unpaired) electrons. The van der Waals surface area contributed by atoms with Gasteiger partial charge in [-0.25, -0.2) is 4.79 Å². The molecule has 0 aromatic heterocycles. The first-order valence-corrected chi connectivity index (χ1v) is 6.90. The molecule has 2 rings (SSSR count). The third-order valence-corrected chi connectivity index (χ3v) is 3.41. The highest BCUT2D eigenvalue weighted by Gasteiger charge is 2.05. The van der Waals surface area contributed by atoms with Gasteiger partial charge in [-0.15, -0.1) is 0 Å². The monoisotopic (exact) mass is 260 g/mol. The minimum absolute atomic E-state index is 0.296. The summed E-state index contributed by atoms with van der Waals surface area (Å²) in [6, 6.07) is 6.67. The van der Waals surface area contributed by atoms with Gasteiger partial charge in [0.15, 0.2) is 0 Å². The second-order valence-electron chi connectivity index (χ2n) is 4.94. The fourth-order valence-corrected chi connectivity index (χ4v) is 2.26. The Balaban J connectivity index is 1.94. The molecule has 1 aliphatic rings. The van der Waals surface area contributed by atoms with Crippen LogP contribution in [0.5, 0.6) is 0 Å². The summed E-state index contributed by atoms with van der Waals surface area (Å²) in [7, 11) is 0. The predicted molar refractivity (Wildman–Crippen MR) is 76.8 cm³/mol. The van der Waals surface area contributed by atoms with Crippen molar-refractivity contribution >= 4 is 17.4 Å². The summed E-state index contributed by atoms with van der Waals surface area (Å²) in [6.07, 6.45) is 8.52. The van der Waals surface area contributed by atoms with Gasteiger partial charge < -0.3 is 5.11 Å². The number of hydrogen-bond acceptors (Lipinski definition) is 3. The smallest absolute Gasteiger partial charge is 0.335 e. The molecule has 0 heterocycles. The molecule has 1 aromatic rings. The molecule has 102 valence electrons. The Morgan fingerprint density at radius 1 is 1.00 bits per heavy atom. The SMILES string of the molecule is O=C(O)c1ccc(NN=C2CCCCCCC2)cc1. The van der Waals surface area contributed by atoms with Crippen molar-refractivity contribution in [1.29, 1.82) is 0 Å². The number of aromatic carboxylic acids is 1. The van der Waals surface area contributed by atoms with Crippen molar-refractivity contribution in [3.05, 3.63) is 29.8 Å². The quantitative estimate of drug-likeness (QED) is 0.810. The summed E-state index contributed by atoms with van der Waals surface area (Å²) < 4.78 is 0. The molecule has 19 heavy (non-hydrogen) atoms. The lowest BCUT2D eigenvalue weighted by molar-refractivity contribution is 0.0697. The first-order valence-electron chi connectivity index (χ1n) is 6.90. The van der Waals surface area contributed by atoms with Gasteiger partial charge in [0.25, 0.3) is 0 Å². The number of carboxylic acids is 1. The number of rotatable bonds is 3. The molecule has 0 unspecified atom stereocenters. The van der Waals surface area contributed by atoms with Crippen LogP contribution in [0.1, 0.15) is 55.3 Å². The van der Waals surface area contributed by atoms with E-state index in [1.165, 1.54) is 37.8 Å². The number of hydrazone groups is 1. The number of nitrogens with one attached hydrogen (secondary N) is 1. The number of carbonyl (C=O) groups is 1. The summed E-state index contributed by atoms with van der Waals surface area (Å²) in [5, 5.41) is 13.3. The van der Waals surface area contributed by atoms with Crippen LogP contribution in [0.2, 0.25) is 0 Å². The van der Waals surface area contributed by atoms with E-state index < -0.39 is 5.97 Å². The summed E-state index contributed by atoms with van der Waals surface area (Å²) in [5.41, 5.74) is 5.38. The van der Waals surface area contributed by atoms with Gasteiger partial charge in [-0.2, -0.15) is 5.10 Å². The predicted octanol–water partition coefficient (Wildman–Crippen LogP) is 3.90. The lowest BCUT2D eigenvalue weighted by Crippen LogP contribution is -2.05. The van der Waals surface area contributed by atoms with Gasteiger partial charge >= 0.3 is 5.97 Å². The molecule has 1 aromatic carbocycles. The first-order chi connectivity index (χ1) is 9.25. The molecule has 4 nitrogen and oxygen atoms in total. The second-order valence-corrected chi connectivity index (χ2v) is 4.94. The van der Waals surface area contributed by atoms with Crippen LogP contribution in [-0.2, 0) is 0 Å². The number of nitrogens with zero attached hydrogens (tertiary/aromatic N) is 1. The van der Waals surface area contributed by atoms with Crippen molar-refractivity contribution in [3.63, 3.8) is 0 Å². The summed E-state index contributed by atoms with van der Waals surface area (Å²) in [5.74, 6) is -0.905. The average Bonchev–Trinajstić information content (AvgIpc) is 2.38. The molecule has 0 saturated heterocycles. The minimum atomic E-state index is -0.905. The number of hydrogen-bond donors (Lipinski definition) is 2. The van der Waals surface area contributed by atoms with Crippen LogP contribution < -0.4 is 5.43 Å². The third kappa shape index (κ3) is 4.39. The molecule has 1 fully saturated rings. The van der Waals surface area contributed by atoms with E-state index in [0.29, 0.717) is 5.56 Å². The standard InChI is InChI=1S/C15H20N2O2/c18-15(19)12-8-10-14(11-9-12)17-16-13-6-4-2-1-3-5-7-13/h8-11,17H,1-7H2,(H,18,19). The molecule has 2 N–H and O–H groups in total. The van der Waals surface area contributed by atoms with E-state index in [1.807, 2.05) is 0 Å². The van der Waals surface area contributed by atoms with Gasteiger partial charge in [0.05, 0.1) is 11.3 Å². The maximum atomic E-state index is 10.7.